The van der Waals surface area contributed by atoms with Crippen molar-refractivity contribution in [2.45, 2.75) is 124 Å². The third kappa shape index (κ3) is 12.3. The number of ether oxygens (including phenoxy) is 1. The maximum absolute atomic E-state index is 13.2. The summed E-state index contributed by atoms with van der Waals surface area (Å²) in [6.07, 6.45) is 14.7. The molecule has 0 amide bonds. The fraction of sp³-hybridized carbons (Fsp3) is 0.667. The van der Waals surface area contributed by atoms with Crippen LogP contribution in [0.1, 0.15) is 117 Å². The van der Waals surface area contributed by atoms with E-state index in [4.69, 9.17) is 9.15 Å². The van der Waals surface area contributed by atoms with Crippen molar-refractivity contribution >= 4 is 37.4 Å². The Morgan fingerprint density at radius 3 is 2.18 bits per heavy atom. The number of unbranched alkanes of at least 4 members (excludes halogenated alkanes) is 9. The van der Waals surface area contributed by atoms with Crippen LogP contribution in [0.25, 0.3) is 21.6 Å². The number of benzene rings is 1. The molecule has 0 spiro atoms. The molecule has 0 radical (unpaired) electrons. The monoisotopic (exact) mass is 735 g/mol. The van der Waals surface area contributed by atoms with E-state index in [9.17, 15) is 22.9 Å². The zero-order chi connectivity index (χ0) is 36.7. The van der Waals surface area contributed by atoms with Crippen molar-refractivity contribution in [3.63, 3.8) is 0 Å². The summed E-state index contributed by atoms with van der Waals surface area (Å²) in [6, 6.07) is 7.71. The number of aromatic hydroxyl groups is 1. The molecule has 2 N–H and O–H groups in total. The Morgan fingerprint density at radius 2 is 1.54 bits per heavy atom. The number of hydrogen-bond donors (Lipinski definition) is 2. The van der Waals surface area contributed by atoms with Gasteiger partial charge in [-0.15, -0.1) is 11.3 Å². The molecule has 2 unspecified atom stereocenters. The molecule has 2 aromatic heterocycles. The van der Waals surface area contributed by atoms with Crippen molar-refractivity contribution in [1.29, 1.82) is 0 Å². The highest BCUT2D eigenvalue weighted by Crippen LogP contribution is 2.39. The molecule has 0 aliphatic carbocycles. The van der Waals surface area contributed by atoms with Gasteiger partial charge in [0, 0.05) is 25.1 Å². The van der Waals surface area contributed by atoms with Gasteiger partial charge in [0.2, 0.25) is 11.2 Å². The molecule has 9 nitrogen and oxygen atoms in total. The molecule has 0 bridgehead atoms. The number of aryl methyl sites for hydroxylation is 1. The van der Waals surface area contributed by atoms with Crippen LogP contribution in [0.5, 0.6) is 11.5 Å². The molecule has 11 heteroatoms. The van der Waals surface area contributed by atoms with Crippen LogP contribution in [-0.2, 0) is 10.1 Å². The molecule has 282 valence electrons. The number of quaternary nitrogens is 1. The molecular weight excluding hydrogens is 673 g/mol. The topological polar surface area (TPSA) is 117 Å². The van der Waals surface area contributed by atoms with Gasteiger partial charge in [-0.3, -0.25) is 9.35 Å². The maximum atomic E-state index is 13.2. The van der Waals surface area contributed by atoms with Crippen LogP contribution < -0.4 is 15.1 Å². The van der Waals surface area contributed by atoms with E-state index in [-0.39, 0.29) is 17.3 Å². The molecule has 3 rings (SSSR count). The molecule has 1 aromatic carbocycles. The Morgan fingerprint density at radius 1 is 0.900 bits per heavy atom. The van der Waals surface area contributed by atoms with E-state index < -0.39 is 15.5 Å². The van der Waals surface area contributed by atoms with Gasteiger partial charge in [0.15, 0.2) is 5.76 Å². The standard InChI is InChI=1S/C39H62N2O7S2/c1-7-10-11-12-13-14-15-16-17-21-30(4)41(6,26-18-19-29-50(44,45)46)27-20-28-47-33-23-22-32-36(42)37(43)39(48-38(32)31(33)5)34-24-25-35(49-34)40(8-2)9-3/h22-25,30H,7-21,26-29H2,1-6H3,(H-,43,44,45,46)/p+1. The highest BCUT2D eigenvalue weighted by Gasteiger charge is 2.28. The predicted molar refractivity (Wildman–Crippen MR) is 209 cm³/mol. The van der Waals surface area contributed by atoms with Crippen LogP contribution in [-0.4, -0.2) is 74.2 Å². The SMILES string of the molecule is CCCCCCCCCCCC(C)[N+](C)(CCCCS(=O)(=O)O)CCCOc1ccc2c(=O)c(O)c(-c3ccc(N(CC)CC)s3)oc2c1C. The van der Waals surface area contributed by atoms with Gasteiger partial charge < -0.3 is 23.6 Å². The van der Waals surface area contributed by atoms with Crippen LogP contribution in [0, 0.1) is 6.92 Å². The fourth-order valence-corrected chi connectivity index (χ4v) is 8.51. The minimum absolute atomic E-state index is 0.175. The summed E-state index contributed by atoms with van der Waals surface area (Å²) in [6.45, 7) is 14.5. The third-order valence-corrected chi connectivity index (χ3v) is 12.3. The van der Waals surface area contributed by atoms with Crippen molar-refractivity contribution in [1.82, 2.24) is 0 Å². The van der Waals surface area contributed by atoms with Crippen molar-refractivity contribution < 1.29 is 31.7 Å². The number of fused-ring (bicyclic) bond motifs is 1. The summed E-state index contributed by atoms with van der Waals surface area (Å²) < 4.78 is 45.2. The van der Waals surface area contributed by atoms with E-state index in [2.05, 4.69) is 39.6 Å². The largest absolute Gasteiger partial charge is 0.501 e. The minimum atomic E-state index is -3.96. The lowest BCUT2D eigenvalue weighted by molar-refractivity contribution is -0.932. The molecule has 2 heterocycles. The van der Waals surface area contributed by atoms with Crippen LogP contribution in [0.2, 0.25) is 0 Å². The molecule has 0 aliphatic heterocycles. The molecule has 50 heavy (non-hydrogen) atoms. The van der Waals surface area contributed by atoms with Crippen molar-refractivity contribution in [2.75, 3.05) is 50.5 Å². The normalized spacial score (nSPS) is 13.8. The Bertz CT molecular complexity index is 1630. The Labute approximate surface area is 305 Å². The summed E-state index contributed by atoms with van der Waals surface area (Å²) in [5.41, 5.74) is 0.659. The molecule has 2 atom stereocenters. The average molecular weight is 736 g/mol. The summed E-state index contributed by atoms with van der Waals surface area (Å²) in [5, 5.41) is 12.2. The fourth-order valence-electron chi connectivity index (χ4n) is 6.82. The number of anilines is 1. The number of rotatable bonds is 25. The second-order valence-electron chi connectivity index (χ2n) is 14.1. The van der Waals surface area contributed by atoms with E-state index in [1.54, 1.807) is 12.1 Å². The van der Waals surface area contributed by atoms with Crippen LogP contribution >= 0.6 is 11.3 Å². The van der Waals surface area contributed by atoms with E-state index >= 15 is 0 Å². The molecule has 0 aliphatic rings. The summed E-state index contributed by atoms with van der Waals surface area (Å²) >= 11 is 1.48. The van der Waals surface area contributed by atoms with Gasteiger partial charge in [-0.1, -0.05) is 58.3 Å². The lowest BCUT2D eigenvalue weighted by atomic mass is 10.0. The molecule has 0 fully saturated rings. The van der Waals surface area contributed by atoms with Gasteiger partial charge in [0.1, 0.15) is 11.3 Å². The van der Waals surface area contributed by atoms with E-state index in [1.165, 1.54) is 69.1 Å². The number of thiophene rings is 1. The lowest BCUT2D eigenvalue weighted by Crippen LogP contribution is -2.52. The molecule has 3 aromatic rings. The van der Waals surface area contributed by atoms with Gasteiger partial charge in [-0.2, -0.15) is 8.42 Å². The van der Waals surface area contributed by atoms with Crippen LogP contribution in [0.3, 0.4) is 0 Å². The number of hydrogen-bond acceptors (Lipinski definition) is 8. The summed E-state index contributed by atoms with van der Waals surface area (Å²) in [5.74, 6) is 0.221. The summed E-state index contributed by atoms with van der Waals surface area (Å²) in [7, 11) is -1.71. The van der Waals surface area contributed by atoms with Gasteiger partial charge in [0.05, 0.1) is 53.8 Å². The van der Waals surface area contributed by atoms with Gasteiger partial charge in [-0.25, -0.2) is 0 Å². The van der Waals surface area contributed by atoms with Gasteiger partial charge in [0.25, 0.3) is 10.1 Å². The number of nitrogens with zero attached hydrogens (tertiary/aromatic N) is 2. The third-order valence-electron chi connectivity index (χ3n) is 10.3. The first-order valence-electron chi connectivity index (χ1n) is 18.9. The second-order valence-corrected chi connectivity index (χ2v) is 16.7. The predicted octanol–water partition coefficient (Wildman–Crippen LogP) is 9.57. The second kappa shape index (κ2) is 20.4. The van der Waals surface area contributed by atoms with Crippen LogP contribution in [0.4, 0.5) is 5.00 Å². The molecular formula is C39H63N2O7S2+. The Hall–Kier alpha value is -2.60. The Kier molecular flexibility index (Phi) is 17.1. The Balaban J connectivity index is 1.66. The van der Waals surface area contributed by atoms with Gasteiger partial charge >= 0.3 is 0 Å². The highest BCUT2D eigenvalue weighted by molar-refractivity contribution is 7.85. The van der Waals surface area contributed by atoms with Crippen molar-refractivity contribution in [3.8, 4) is 22.1 Å². The van der Waals surface area contributed by atoms with E-state index in [1.807, 2.05) is 19.1 Å². The van der Waals surface area contributed by atoms with E-state index in [0.717, 1.165) is 54.9 Å². The smallest absolute Gasteiger partial charge is 0.264 e. The molecule has 0 saturated heterocycles. The summed E-state index contributed by atoms with van der Waals surface area (Å²) in [4.78, 5) is 16.1. The van der Waals surface area contributed by atoms with Crippen LogP contribution in [0.15, 0.2) is 33.5 Å². The van der Waals surface area contributed by atoms with Gasteiger partial charge in [-0.05, 0) is 77.6 Å². The highest BCUT2D eigenvalue weighted by atomic mass is 32.2. The lowest BCUT2D eigenvalue weighted by Gasteiger charge is -2.40. The average Bonchev–Trinajstić information content (AvgIpc) is 3.56. The zero-order valence-electron chi connectivity index (χ0n) is 31.5. The quantitative estimate of drug-likeness (QED) is 0.0502. The molecule has 0 saturated carbocycles. The first kappa shape index (κ1) is 41.8. The van der Waals surface area contributed by atoms with E-state index in [0.29, 0.717) is 46.2 Å². The minimum Gasteiger partial charge on any atom is -0.501 e. The van der Waals surface area contributed by atoms with Crippen molar-refractivity contribution in [3.05, 3.63) is 40.1 Å². The first-order valence-corrected chi connectivity index (χ1v) is 21.3. The first-order chi connectivity index (χ1) is 23.8. The maximum Gasteiger partial charge on any atom is 0.264 e. The van der Waals surface area contributed by atoms with Crippen molar-refractivity contribution in [2.24, 2.45) is 0 Å². The zero-order valence-corrected chi connectivity index (χ0v) is 33.1.